The van der Waals surface area contributed by atoms with Crippen LogP contribution in [0.5, 0.6) is 0 Å². The molecule has 0 radical (unpaired) electrons. The van der Waals surface area contributed by atoms with Crippen LogP contribution in [-0.4, -0.2) is 4.98 Å². The highest BCUT2D eigenvalue weighted by atomic mass is 35.5. The Bertz CT molecular complexity index is 333. The standard InChI is InChI=1S/C13H13N.ClH/c1-2-6-12(7-3-1)9-10-13-8-4-5-11-14-13;/h1-8,11H,9-10H2;1H. The van der Waals surface area contributed by atoms with E-state index in [2.05, 4.69) is 35.3 Å². The third kappa shape index (κ3) is 3.72. The molecule has 1 heterocycles. The second kappa shape index (κ2) is 6.20. The summed E-state index contributed by atoms with van der Waals surface area (Å²) in [4.78, 5) is 4.29. The summed E-state index contributed by atoms with van der Waals surface area (Å²) in [5.41, 5.74) is 2.54. The molecular formula is C13H14ClN. The van der Waals surface area contributed by atoms with Gasteiger partial charge in [-0.25, -0.2) is 0 Å². The fraction of sp³-hybridized carbons (Fsp3) is 0.154. The minimum atomic E-state index is 0. The van der Waals surface area contributed by atoms with Gasteiger partial charge in [0.25, 0.3) is 0 Å². The Morgan fingerprint density at radius 2 is 1.53 bits per heavy atom. The van der Waals surface area contributed by atoms with E-state index in [-0.39, 0.29) is 12.4 Å². The summed E-state index contributed by atoms with van der Waals surface area (Å²) < 4.78 is 0. The van der Waals surface area contributed by atoms with E-state index in [0.717, 1.165) is 18.5 Å². The minimum absolute atomic E-state index is 0. The van der Waals surface area contributed by atoms with Crippen LogP contribution in [0.4, 0.5) is 0 Å². The maximum Gasteiger partial charge on any atom is 0.0406 e. The molecule has 0 atom stereocenters. The maximum atomic E-state index is 4.29. The second-order valence-electron chi connectivity index (χ2n) is 3.31. The van der Waals surface area contributed by atoms with Crippen molar-refractivity contribution >= 4 is 12.4 Å². The van der Waals surface area contributed by atoms with E-state index in [0.29, 0.717) is 0 Å². The van der Waals surface area contributed by atoms with E-state index < -0.39 is 0 Å². The van der Waals surface area contributed by atoms with Gasteiger partial charge in [0.2, 0.25) is 0 Å². The maximum absolute atomic E-state index is 4.29. The van der Waals surface area contributed by atoms with Gasteiger partial charge in [0.05, 0.1) is 0 Å². The van der Waals surface area contributed by atoms with Crippen LogP contribution >= 0.6 is 12.4 Å². The van der Waals surface area contributed by atoms with Crippen molar-refractivity contribution in [2.45, 2.75) is 12.8 Å². The van der Waals surface area contributed by atoms with E-state index >= 15 is 0 Å². The van der Waals surface area contributed by atoms with Crippen LogP contribution in [0.3, 0.4) is 0 Å². The fourth-order valence-corrected chi connectivity index (χ4v) is 1.46. The molecule has 1 nitrogen and oxygen atoms in total. The Labute approximate surface area is 96.6 Å². The van der Waals surface area contributed by atoms with Gasteiger partial charge in [0.1, 0.15) is 0 Å². The van der Waals surface area contributed by atoms with Crippen molar-refractivity contribution in [1.29, 1.82) is 0 Å². The van der Waals surface area contributed by atoms with Gasteiger partial charge >= 0.3 is 0 Å². The molecule has 1 aromatic carbocycles. The molecule has 1 aromatic heterocycles. The van der Waals surface area contributed by atoms with E-state index in [9.17, 15) is 0 Å². The van der Waals surface area contributed by atoms with E-state index in [4.69, 9.17) is 0 Å². The van der Waals surface area contributed by atoms with Gasteiger partial charge in [0, 0.05) is 11.9 Å². The van der Waals surface area contributed by atoms with Gasteiger partial charge in [-0.3, -0.25) is 4.98 Å². The topological polar surface area (TPSA) is 12.9 Å². The first kappa shape index (κ1) is 11.7. The highest BCUT2D eigenvalue weighted by Gasteiger charge is 1.94. The lowest BCUT2D eigenvalue weighted by molar-refractivity contribution is 0.914. The zero-order valence-corrected chi connectivity index (χ0v) is 9.28. The minimum Gasteiger partial charge on any atom is -0.261 e. The Morgan fingerprint density at radius 3 is 2.20 bits per heavy atom. The number of hydrogen-bond acceptors (Lipinski definition) is 1. The first-order valence-electron chi connectivity index (χ1n) is 4.89. The van der Waals surface area contributed by atoms with Crippen LogP contribution in [-0.2, 0) is 12.8 Å². The van der Waals surface area contributed by atoms with Gasteiger partial charge in [-0.15, -0.1) is 12.4 Å². The molecule has 0 spiro atoms. The average molecular weight is 220 g/mol. The quantitative estimate of drug-likeness (QED) is 0.772. The highest BCUT2D eigenvalue weighted by Crippen LogP contribution is 2.04. The fourth-order valence-electron chi connectivity index (χ4n) is 1.46. The monoisotopic (exact) mass is 219 g/mol. The Balaban J connectivity index is 0.00000112. The molecule has 2 rings (SSSR count). The summed E-state index contributed by atoms with van der Waals surface area (Å²) in [7, 11) is 0. The molecule has 0 aliphatic rings. The molecule has 78 valence electrons. The number of halogens is 1. The van der Waals surface area contributed by atoms with Crippen molar-refractivity contribution in [3.05, 3.63) is 66.0 Å². The number of rotatable bonds is 3. The zero-order chi connectivity index (χ0) is 9.64. The molecule has 15 heavy (non-hydrogen) atoms. The van der Waals surface area contributed by atoms with Crippen LogP contribution in [0.2, 0.25) is 0 Å². The van der Waals surface area contributed by atoms with Gasteiger partial charge < -0.3 is 0 Å². The summed E-state index contributed by atoms with van der Waals surface area (Å²) in [6.07, 6.45) is 3.93. The predicted octanol–water partition coefficient (Wildman–Crippen LogP) is 3.29. The van der Waals surface area contributed by atoms with Gasteiger partial charge in [-0.2, -0.15) is 0 Å². The third-order valence-corrected chi connectivity index (χ3v) is 2.24. The van der Waals surface area contributed by atoms with E-state index in [1.54, 1.807) is 0 Å². The Kier molecular flexibility index (Phi) is 4.85. The van der Waals surface area contributed by atoms with Crippen molar-refractivity contribution < 1.29 is 0 Å². The smallest absolute Gasteiger partial charge is 0.0406 e. The summed E-state index contributed by atoms with van der Waals surface area (Å²) in [5.74, 6) is 0. The molecule has 0 amide bonds. The lowest BCUT2D eigenvalue weighted by Crippen LogP contribution is -1.92. The number of aromatic nitrogens is 1. The van der Waals surface area contributed by atoms with Crippen molar-refractivity contribution in [1.82, 2.24) is 4.98 Å². The number of pyridine rings is 1. The van der Waals surface area contributed by atoms with Crippen LogP contribution in [0, 0.1) is 0 Å². The largest absolute Gasteiger partial charge is 0.261 e. The summed E-state index contributed by atoms with van der Waals surface area (Å²) in [6.45, 7) is 0. The predicted molar refractivity (Wildman–Crippen MR) is 65.3 cm³/mol. The average Bonchev–Trinajstić information content (AvgIpc) is 2.29. The molecule has 0 saturated carbocycles. The first-order chi connectivity index (χ1) is 6.95. The molecule has 0 saturated heterocycles. The van der Waals surface area contributed by atoms with Crippen LogP contribution in [0.15, 0.2) is 54.7 Å². The van der Waals surface area contributed by atoms with Crippen molar-refractivity contribution in [3.63, 3.8) is 0 Å². The van der Waals surface area contributed by atoms with Crippen molar-refractivity contribution in [2.75, 3.05) is 0 Å². The molecule has 0 aliphatic heterocycles. The molecule has 2 aromatic rings. The van der Waals surface area contributed by atoms with E-state index in [1.165, 1.54) is 5.56 Å². The number of hydrogen-bond donors (Lipinski definition) is 0. The highest BCUT2D eigenvalue weighted by molar-refractivity contribution is 5.85. The van der Waals surface area contributed by atoms with Gasteiger partial charge in [-0.05, 0) is 30.5 Å². The molecule has 0 N–H and O–H groups in total. The third-order valence-electron chi connectivity index (χ3n) is 2.24. The molecule has 0 fully saturated rings. The Morgan fingerprint density at radius 1 is 0.800 bits per heavy atom. The van der Waals surface area contributed by atoms with Crippen LogP contribution < -0.4 is 0 Å². The van der Waals surface area contributed by atoms with Gasteiger partial charge in [0.15, 0.2) is 0 Å². The molecule has 0 unspecified atom stereocenters. The van der Waals surface area contributed by atoms with Gasteiger partial charge in [-0.1, -0.05) is 36.4 Å². The van der Waals surface area contributed by atoms with Crippen molar-refractivity contribution in [2.24, 2.45) is 0 Å². The van der Waals surface area contributed by atoms with Crippen LogP contribution in [0.25, 0.3) is 0 Å². The lowest BCUT2D eigenvalue weighted by Gasteiger charge is -2.00. The number of nitrogens with zero attached hydrogens (tertiary/aromatic N) is 1. The second-order valence-corrected chi connectivity index (χ2v) is 3.31. The van der Waals surface area contributed by atoms with E-state index in [1.807, 2.05) is 24.4 Å². The zero-order valence-electron chi connectivity index (χ0n) is 8.47. The molecule has 0 aliphatic carbocycles. The number of benzene rings is 1. The first-order valence-corrected chi connectivity index (χ1v) is 4.89. The molecule has 0 bridgehead atoms. The normalized spacial score (nSPS) is 9.33. The lowest BCUT2D eigenvalue weighted by atomic mass is 10.1. The summed E-state index contributed by atoms with van der Waals surface area (Å²) >= 11 is 0. The SMILES string of the molecule is Cl.c1ccc(CCc2ccccn2)cc1. The summed E-state index contributed by atoms with van der Waals surface area (Å²) in [6, 6.07) is 16.6. The van der Waals surface area contributed by atoms with Crippen molar-refractivity contribution in [3.8, 4) is 0 Å². The van der Waals surface area contributed by atoms with Crippen LogP contribution in [0.1, 0.15) is 11.3 Å². The summed E-state index contributed by atoms with van der Waals surface area (Å²) in [5, 5.41) is 0. The number of aryl methyl sites for hydroxylation is 2. The molecule has 2 heteroatoms. The Hall–Kier alpha value is -1.34. The molecular weight excluding hydrogens is 206 g/mol.